The molecule has 0 unspecified atom stereocenters. The quantitative estimate of drug-likeness (QED) is 0.634. The normalized spacial score (nSPS) is 11.3. The van der Waals surface area contributed by atoms with Gasteiger partial charge in [0.05, 0.1) is 5.69 Å². The Morgan fingerprint density at radius 3 is 2.65 bits per heavy atom. The van der Waals surface area contributed by atoms with Crippen LogP contribution in [0.3, 0.4) is 0 Å². The zero-order chi connectivity index (χ0) is 16.9. The molecule has 124 valence electrons. The van der Waals surface area contributed by atoms with E-state index in [-0.39, 0.29) is 11.7 Å². The largest absolute Gasteiger partial charge is 0.573 e. The molecule has 0 atom stereocenters. The lowest BCUT2D eigenvalue weighted by Crippen LogP contribution is -2.22. The number of hydrogen-bond acceptors (Lipinski definition) is 6. The summed E-state index contributed by atoms with van der Waals surface area (Å²) in [5.41, 5.74) is 0.492. The highest BCUT2D eigenvalue weighted by Crippen LogP contribution is 2.24. The predicted molar refractivity (Wildman–Crippen MR) is 75.2 cm³/mol. The molecule has 1 heterocycles. The van der Waals surface area contributed by atoms with Crippen molar-refractivity contribution in [2.45, 2.75) is 18.4 Å². The first-order valence-corrected chi connectivity index (χ1v) is 7.35. The highest BCUT2D eigenvalue weighted by molar-refractivity contribution is 7.99. The summed E-state index contributed by atoms with van der Waals surface area (Å²) in [6.45, 7) is 1.87. The average molecular weight is 347 g/mol. The van der Waals surface area contributed by atoms with Gasteiger partial charge in [-0.15, -0.1) is 18.3 Å². The van der Waals surface area contributed by atoms with Crippen LogP contribution in [0.15, 0.2) is 29.4 Å². The van der Waals surface area contributed by atoms with Gasteiger partial charge in [0.2, 0.25) is 11.1 Å². The second-order valence-electron chi connectivity index (χ2n) is 4.25. The van der Waals surface area contributed by atoms with E-state index in [0.717, 1.165) is 0 Å². The van der Waals surface area contributed by atoms with Crippen molar-refractivity contribution in [3.8, 4) is 11.4 Å². The Morgan fingerprint density at radius 2 is 2.04 bits per heavy atom. The third kappa shape index (κ3) is 5.43. The van der Waals surface area contributed by atoms with Gasteiger partial charge in [-0.1, -0.05) is 11.8 Å². The topological polar surface area (TPSA) is 81.9 Å². The van der Waals surface area contributed by atoms with Crippen molar-refractivity contribution in [1.29, 1.82) is 0 Å². The molecule has 0 spiro atoms. The number of thioether (sulfide) groups is 1. The van der Waals surface area contributed by atoms with Gasteiger partial charge in [-0.05, 0) is 34.7 Å². The van der Waals surface area contributed by atoms with Crippen molar-refractivity contribution < 1.29 is 22.7 Å². The van der Waals surface area contributed by atoms with Crippen molar-refractivity contribution in [3.05, 3.63) is 24.3 Å². The van der Waals surface area contributed by atoms with Crippen LogP contribution in [0.1, 0.15) is 6.92 Å². The van der Waals surface area contributed by atoms with E-state index in [1.165, 1.54) is 47.6 Å². The Labute approximate surface area is 133 Å². The number of nitrogens with one attached hydrogen (secondary N) is 1. The Morgan fingerprint density at radius 1 is 1.35 bits per heavy atom. The molecular weight excluding hydrogens is 335 g/mol. The molecule has 7 nitrogen and oxygen atoms in total. The molecule has 23 heavy (non-hydrogen) atoms. The number of hydrogen-bond donors (Lipinski definition) is 1. The number of amides is 1. The summed E-state index contributed by atoms with van der Waals surface area (Å²) in [4.78, 5) is 10.8. The van der Waals surface area contributed by atoms with Gasteiger partial charge in [-0.25, -0.2) is 0 Å². The maximum Gasteiger partial charge on any atom is 0.573 e. The molecule has 11 heteroatoms. The van der Waals surface area contributed by atoms with Gasteiger partial charge < -0.3 is 10.1 Å². The Balaban J connectivity index is 2.02. The lowest BCUT2D eigenvalue weighted by molar-refractivity contribution is -0.274. The average Bonchev–Trinajstić information content (AvgIpc) is 2.91. The fourth-order valence-corrected chi connectivity index (χ4v) is 2.33. The summed E-state index contributed by atoms with van der Waals surface area (Å²) in [6.07, 6.45) is -4.74. The van der Waals surface area contributed by atoms with Crippen LogP contribution < -0.4 is 10.1 Å². The maximum atomic E-state index is 12.1. The third-order valence-electron chi connectivity index (χ3n) is 2.46. The first kappa shape index (κ1) is 17.1. The molecule has 2 aromatic rings. The van der Waals surface area contributed by atoms with Crippen LogP contribution in [-0.4, -0.2) is 44.8 Å². The fraction of sp³-hybridized carbons (Fsp3) is 0.333. The number of aromatic nitrogens is 4. The first-order chi connectivity index (χ1) is 10.8. The minimum atomic E-state index is -4.74. The summed E-state index contributed by atoms with van der Waals surface area (Å²) >= 11 is 1.31. The van der Waals surface area contributed by atoms with Crippen molar-refractivity contribution in [1.82, 2.24) is 25.5 Å². The Hall–Kier alpha value is -2.30. The molecule has 0 aliphatic rings. The monoisotopic (exact) mass is 347 g/mol. The number of alkyl halides is 3. The molecule has 0 radical (unpaired) electrons. The number of halogens is 3. The summed E-state index contributed by atoms with van der Waals surface area (Å²) < 4.78 is 41.5. The van der Waals surface area contributed by atoms with Gasteiger partial charge >= 0.3 is 6.36 Å². The van der Waals surface area contributed by atoms with Crippen LogP contribution >= 0.6 is 11.8 Å². The van der Waals surface area contributed by atoms with Crippen molar-refractivity contribution in [2.24, 2.45) is 0 Å². The summed E-state index contributed by atoms with van der Waals surface area (Å²) in [5, 5.41) is 14.3. The lowest BCUT2D eigenvalue weighted by Gasteiger charge is -2.09. The van der Waals surface area contributed by atoms with Gasteiger partial charge in [0.1, 0.15) is 5.75 Å². The minimum Gasteiger partial charge on any atom is -0.406 e. The molecule has 0 saturated carbocycles. The van der Waals surface area contributed by atoms with Crippen molar-refractivity contribution >= 4 is 17.7 Å². The first-order valence-electron chi connectivity index (χ1n) is 6.37. The predicted octanol–water partition coefficient (Wildman–Crippen LogP) is 1.79. The van der Waals surface area contributed by atoms with E-state index in [1.54, 1.807) is 0 Å². The second-order valence-corrected chi connectivity index (χ2v) is 5.31. The van der Waals surface area contributed by atoms with Crippen LogP contribution in [0, 0.1) is 0 Å². The number of rotatable bonds is 6. The van der Waals surface area contributed by atoms with Gasteiger partial charge in [0.25, 0.3) is 0 Å². The van der Waals surface area contributed by atoms with E-state index >= 15 is 0 Å². The van der Waals surface area contributed by atoms with Crippen LogP contribution in [0.4, 0.5) is 13.2 Å². The van der Waals surface area contributed by atoms with E-state index in [9.17, 15) is 18.0 Å². The molecule has 2 rings (SSSR count). The van der Waals surface area contributed by atoms with Gasteiger partial charge in [-0.3, -0.25) is 4.79 Å². The number of carbonyl (C=O) groups is 1. The SMILES string of the molecule is CC(=O)NCCSc1nnnn1-c1ccc(OC(F)(F)F)cc1. The zero-order valence-corrected chi connectivity index (χ0v) is 12.7. The highest BCUT2D eigenvalue weighted by atomic mass is 32.2. The van der Waals surface area contributed by atoms with Gasteiger partial charge in [0, 0.05) is 19.2 Å². The molecule has 1 amide bonds. The molecule has 0 fully saturated rings. The Bertz CT molecular complexity index is 659. The van der Waals surface area contributed by atoms with Gasteiger partial charge in [0.15, 0.2) is 0 Å². The zero-order valence-electron chi connectivity index (χ0n) is 11.9. The molecule has 1 N–H and O–H groups in total. The Kier molecular flexibility index (Phi) is 5.42. The van der Waals surface area contributed by atoms with E-state index in [0.29, 0.717) is 23.1 Å². The fourth-order valence-electron chi connectivity index (χ4n) is 1.59. The minimum absolute atomic E-state index is 0.134. The van der Waals surface area contributed by atoms with Crippen LogP contribution in [0.2, 0.25) is 0 Å². The van der Waals surface area contributed by atoms with E-state index in [1.807, 2.05) is 0 Å². The van der Waals surface area contributed by atoms with Crippen LogP contribution in [0.5, 0.6) is 5.75 Å². The molecule has 1 aromatic carbocycles. The third-order valence-corrected chi connectivity index (χ3v) is 3.38. The lowest BCUT2D eigenvalue weighted by atomic mass is 10.3. The maximum absolute atomic E-state index is 12.1. The van der Waals surface area contributed by atoms with E-state index in [4.69, 9.17) is 0 Å². The number of nitrogens with zero attached hydrogens (tertiary/aromatic N) is 4. The standard InChI is InChI=1S/C12H12F3N5O2S/c1-8(21)16-6-7-23-11-17-18-19-20(11)9-2-4-10(5-3-9)22-12(13,14)15/h2-5H,6-7H2,1H3,(H,16,21). The highest BCUT2D eigenvalue weighted by Gasteiger charge is 2.31. The molecule has 0 bridgehead atoms. The van der Waals surface area contributed by atoms with Crippen LogP contribution in [0.25, 0.3) is 5.69 Å². The van der Waals surface area contributed by atoms with Crippen LogP contribution in [-0.2, 0) is 4.79 Å². The van der Waals surface area contributed by atoms with Gasteiger partial charge in [-0.2, -0.15) is 4.68 Å². The summed E-state index contributed by atoms with van der Waals surface area (Å²) in [7, 11) is 0. The van der Waals surface area contributed by atoms with Crippen molar-refractivity contribution in [2.75, 3.05) is 12.3 Å². The van der Waals surface area contributed by atoms with E-state index in [2.05, 4.69) is 25.6 Å². The molecular formula is C12H12F3N5O2S. The molecule has 1 aromatic heterocycles. The summed E-state index contributed by atoms with van der Waals surface area (Å²) in [6, 6.07) is 5.18. The number of tetrazole rings is 1. The summed E-state index contributed by atoms with van der Waals surface area (Å²) in [5.74, 6) is 0.0921. The number of ether oxygens (including phenoxy) is 1. The number of benzene rings is 1. The number of carbonyl (C=O) groups excluding carboxylic acids is 1. The van der Waals surface area contributed by atoms with Crippen molar-refractivity contribution in [3.63, 3.8) is 0 Å². The molecule has 0 aliphatic carbocycles. The second kappa shape index (κ2) is 7.31. The molecule has 0 aliphatic heterocycles. The van der Waals surface area contributed by atoms with E-state index < -0.39 is 6.36 Å². The molecule has 0 saturated heterocycles. The smallest absolute Gasteiger partial charge is 0.406 e.